The topological polar surface area (TPSA) is 116 Å². The number of amides is 1. The van der Waals surface area contributed by atoms with Gasteiger partial charge in [0.15, 0.2) is 0 Å². The number of hydrogen-bond donors (Lipinski definition) is 1. The van der Waals surface area contributed by atoms with E-state index in [4.69, 9.17) is 5.73 Å². The average Bonchev–Trinajstić information content (AvgIpc) is 3.63. The predicted molar refractivity (Wildman–Crippen MR) is 124 cm³/mol. The summed E-state index contributed by atoms with van der Waals surface area (Å²) in [7, 11) is 0. The number of piperidine rings is 1. The highest BCUT2D eigenvalue weighted by Gasteiger charge is 2.26. The second-order valence-electron chi connectivity index (χ2n) is 8.79. The molecule has 9 heteroatoms. The van der Waals surface area contributed by atoms with E-state index in [0.29, 0.717) is 17.2 Å². The maximum Gasteiger partial charge on any atom is 0.268 e. The Morgan fingerprint density at radius 2 is 1.76 bits per heavy atom. The zero-order valence-electron chi connectivity index (χ0n) is 18.1. The minimum atomic E-state index is -0.568. The van der Waals surface area contributed by atoms with E-state index in [0.717, 1.165) is 42.8 Å². The van der Waals surface area contributed by atoms with Crippen LogP contribution in [0.1, 0.15) is 53.7 Å². The first-order chi connectivity index (χ1) is 16.2. The van der Waals surface area contributed by atoms with E-state index >= 15 is 0 Å². The Morgan fingerprint density at radius 3 is 2.48 bits per heavy atom. The molecule has 33 heavy (non-hydrogen) atoms. The van der Waals surface area contributed by atoms with Crippen LogP contribution >= 0.6 is 0 Å². The summed E-state index contributed by atoms with van der Waals surface area (Å²) in [5, 5.41) is 5.64. The van der Waals surface area contributed by atoms with E-state index in [-0.39, 0.29) is 11.7 Å². The molecule has 6 rings (SSSR count). The van der Waals surface area contributed by atoms with Gasteiger partial charge in [0.25, 0.3) is 5.91 Å². The number of pyridine rings is 2. The molecule has 0 bridgehead atoms. The van der Waals surface area contributed by atoms with Gasteiger partial charge >= 0.3 is 0 Å². The van der Waals surface area contributed by atoms with Crippen molar-refractivity contribution in [1.82, 2.24) is 29.7 Å². The molecular weight excluding hydrogens is 416 g/mol. The van der Waals surface area contributed by atoms with Crippen LogP contribution in [0.5, 0.6) is 0 Å². The van der Waals surface area contributed by atoms with Crippen molar-refractivity contribution >= 4 is 22.8 Å². The lowest BCUT2D eigenvalue weighted by atomic mass is 10.0. The second kappa shape index (κ2) is 7.91. The third-order valence-corrected chi connectivity index (χ3v) is 6.60. The lowest BCUT2D eigenvalue weighted by Gasteiger charge is -2.32. The SMILES string of the molecule is NC(=O)c1ncccc1-c1cc2cnn(C3CCN(c4ncc(C5CC5)cn4)CC3)c2cn1. The number of primary amides is 1. The molecule has 1 aliphatic heterocycles. The zero-order chi connectivity index (χ0) is 22.4. The Morgan fingerprint density at radius 1 is 0.970 bits per heavy atom. The van der Waals surface area contributed by atoms with Gasteiger partial charge in [-0.05, 0) is 55.4 Å². The average molecular weight is 441 g/mol. The van der Waals surface area contributed by atoms with Gasteiger partial charge in [0.05, 0.1) is 29.6 Å². The van der Waals surface area contributed by atoms with Crippen molar-refractivity contribution in [3.05, 3.63) is 60.4 Å². The number of fused-ring (bicyclic) bond motifs is 1. The van der Waals surface area contributed by atoms with Crippen LogP contribution in [0.2, 0.25) is 0 Å². The van der Waals surface area contributed by atoms with Gasteiger partial charge in [-0.1, -0.05) is 0 Å². The summed E-state index contributed by atoms with van der Waals surface area (Å²) in [6.07, 6.45) is 13.6. The van der Waals surface area contributed by atoms with E-state index < -0.39 is 5.91 Å². The Balaban J connectivity index is 1.20. The maximum atomic E-state index is 11.8. The first kappa shape index (κ1) is 19.8. The molecule has 166 valence electrons. The Kier molecular flexibility index (Phi) is 4.74. The van der Waals surface area contributed by atoms with Crippen LogP contribution in [0.3, 0.4) is 0 Å². The number of anilines is 1. The number of aromatic nitrogens is 6. The largest absolute Gasteiger partial charge is 0.364 e. The molecule has 9 nitrogen and oxygen atoms in total. The molecule has 1 saturated heterocycles. The lowest BCUT2D eigenvalue weighted by Crippen LogP contribution is -2.36. The molecule has 0 aromatic carbocycles. The van der Waals surface area contributed by atoms with Crippen molar-refractivity contribution in [3.63, 3.8) is 0 Å². The van der Waals surface area contributed by atoms with Gasteiger partial charge in [0.2, 0.25) is 5.95 Å². The van der Waals surface area contributed by atoms with Crippen molar-refractivity contribution in [2.24, 2.45) is 5.73 Å². The highest BCUT2D eigenvalue weighted by molar-refractivity contribution is 5.98. The number of carbonyl (C=O) groups excluding carboxylic acids is 1. The lowest BCUT2D eigenvalue weighted by molar-refractivity contribution is 0.0996. The fourth-order valence-corrected chi connectivity index (χ4v) is 4.62. The zero-order valence-corrected chi connectivity index (χ0v) is 18.1. The van der Waals surface area contributed by atoms with Gasteiger partial charge in [0, 0.05) is 42.6 Å². The minimum absolute atomic E-state index is 0.219. The summed E-state index contributed by atoms with van der Waals surface area (Å²) >= 11 is 0. The van der Waals surface area contributed by atoms with Gasteiger partial charge in [-0.2, -0.15) is 5.10 Å². The van der Waals surface area contributed by atoms with Crippen molar-refractivity contribution < 1.29 is 4.79 Å². The molecule has 1 saturated carbocycles. The van der Waals surface area contributed by atoms with Crippen molar-refractivity contribution in [1.29, 1.82) is 0 Å². The second-order valence-corrected chi connectivity index (χ2v) is 8.79. The van der Waals surface area contributed by atoms with Crippen LogP contribution in [0.25, 0.3) is 22.2 Å². The molecule has 5 heterocycles. The van der Waals surface area contributed by atoms with Crippen LogP contribution in [-0.2, 0) is 0 Å². The first-order valence-corrected chi connectivity index (χ1v) is 11.3. The van der Waals surface area contributed by atoms with E-state index in [9.17, 15) is 4.79 Å². The molecule has 1 amide bonds. The van der Waals surface area contributed by atoms with Crippen LogP contribution in [0, 0.1) is 0 Å². The van der Waals surface area contributed by atoms with Gasteiger partial charge in [0.1, 0.15) is 5.69 Å². The van der Waals surface area contributed by atoms with Gasteiger partial charge in [-0.15, -0.1) is 0 Å². The Bertz CT molecular complexity index is 1320. The highest BCUT2D eigenvalue weighted by Crippen LogP contribution is 2.39. The van der Waals surface area contributed by atoms with E-state index in [1.165, 1.54) is 18.4 Å². The first-order valence-electron chi connectivity index (χ1n) is 11.3. The molecule has 2 N–H and O–H groups in total. The van der Waals surface area contributed by atoms with Crippen LogP contribution < -0.4 is 10.6 Å². The molecule has 2 aliphatic rings. The van der Waals surface area contributed by atoms with Crippen molar-refractivity contribution in [3.8, 4) is 11.3 Å². The smallest absolute Gasteiger partial charge is 0.268 e. The molecule has 0 spiro atoms. The maximum absolute atomic E-state index is 11.8. The van der Waals surface area contributed by atoms with Crippen molar-refractivity contribution in [2.45, 2.75) is 37.6 Å². The Labute approximate surface area is 190 Å². The number of hydrogen-bond acceptors (Lipinski definition) is 7. The summed E-state index contributed by atoms with van der Waals surface area (Å²) < 4.78 is 2.07. The van der Waals surface area contributed by atoms with Crippen molar-refractivity contribution in [2.75, 3.05) is 18.0 Å². The fraction of sp³-hybridized carbons (Fsp3) is 0.333. The number of nitrogens with zero attached hydrogens (tertiary/aromatic N) is 7. The van der Waals surface area contributed by atoms with Crippen LogP contribution in [0.15, 0.2) is 49.2 Å². The molecule has 4 aromatic heterocycles. The molecular formula is C24H24N8O. The quantitative estimate of drug-likeness (QED) is 0.507. The van der Waals surface area contributed by atoms with E-state index in [1.807, 2.05) is 30.9 Å². The molecule has 0 radical (unpaired) electrons. The monoisotopic (exact) mass is 440 g/mol. The van der Waals surface area contributed by atoms with Crippen LogP contribution in [-0.4, -0.2) is 48.7 Å². The predicted octanol–water partition coefficient (Wildman–Crippen LogP) is 3.10. The number of rotatable bonds is 5. The fourth-order valence-electron chi connectivity index (χ4n) is 4.62. The van der Waals surface area contributed by atoms with Crippen LogP contribution in [0.4, 0.5) is 5.95 Å². The van der Waals surface area contributed by atoms with Gasteiger partial charge in [-0.25, -0.2) is 9.97 Å². The summed E-state index contributed by atoms with van der Waals surface area (Å²) in [5.74, 6) is 0.921. The molecule has 0 unspecified atom stereocenters. The summed E-state index contributed by atoms with van der Waals surface area (Å²) in [6, 6.07) is 5.80. The number of nitrogens with two attached hydrogens (primary N) is 1. The van der Waals surface area contributed by atoms with E-state index in [1.54, 1.807) is 18.3 Å². The standard InChI is InChI=1S/C24H24N8O/c25-23(33)22-19(2-1-7-26-22)20-10-16-13-30-32(21(16)14-27-20)18-5-8-31(9-6-18)24-28-11-17(12-29-24)15-3-4-15/h1-2,7,10-15,18H,3-6,8-9H2,(H2,25,33). The highest BCUT2D eigenvalue weighted by atomic mass is 16.1. The molecule has 2 fully saturated rings. The molecule has 1 aliphatic carbocycles. The summed E-state index contributed by atoms with van der Waals surface area (Å²) in [6.45, 7) is 1.77. The third-order valence-electron chi connectivity index (χ3n) is 6.60. The van der Waals surface area contributed by atoms with Gasteiger partial charge < -0.3 is 10.6 Å². The molecule has 4 aromatic rings. The van der Waals surface area contributed by atoms with Gasteiger partial charge in [-0.3, -0.25) is 19.4 Å². The third kappa shape index (κ3) is 3.69. The normalized spacial score (nSPS) is 16.9. The summed E-state index contributed by atoms with van der Waals surface area (Å²) in [5.41, 5.74) is 9.23. The molecule has 0 atom stereocenters. The number of carbonyl (C=O) groups is 1. The minimum Gasteiger partial charge on any atom is -0.364 e. The van der Waals surface area contributed by atoms with E-state index in [2.05, 4.69) is 34.6 Å². The summed E-state index contributed by atoms with van der Waals surface area (Å²) in [4.78, 5) is 31.9. The Hall–Kier alpha value is -3.88.